The third-order valence-corrected chi connectivity index (χ3v) is 2.35. The summed E-state index contributed by atoms with van der Waals surface area (Å²) in [7, 11) is 1.44. The molecule has 0 aliphatic carbocycles. The normalized spacial score (nSPS) is 10.2. The van der Waals surface area contributed by atoms with Crippen molar-refractivity contribution in [3.05, 3.63) is 35.9 Å². The van der Waals surface area contributed by atoms with E-state index in [1.165, 1.54) is 31.6 Å². The lowest BCUT2D eigenvalue weighted by Gasteiger charge is -2.11. The number of aryl methyl sites for hydroxylation is 1. The molecule has 0 aliphatic rings. The van der Waals surface area contributed by atoms with Gasteiger partial charge in [-0.2, -0.15) is 4.98 Å². The monoisotopic (exact) mass is 249 g/mol. The molecule has 18 heavy (non-hydrogen) atoms. The summed E-state index contributed by atoms with van der Waals surface area (Å²) >= 11 is 0. The van der Waals surface area contributed by atoms with Crippen LogP contribution in [0.25, 0.3) is 0 Å². The number of methoxy groups -OCH3 is 1. The van der Waals surface area contributed by atoms with Crippen LogP contribution in [0.1, 0.15) is 5.56 Å². The number of benzene rings is 1. The maximum atomic E-state index is 13.0. The molecule has 0 fully saturated rings. The molecule has 1 heterocycles. The van der Waals surface area contributed by atoms with E-state index < -0.39 is 0 Å². The third-order valence-electron chi connectivity index (χ3n) is 2.35. The molecular formula is C12H12FN3O2. The Morgan fingerprint density at radius 1 is 1.28 bits per heavy atom. The third kappa shape index (κ3) is 2.32. The van der Waals surface area contributed by atoms with E-state index >= 15 is 0 Å². The van der Waals surface area contributed by atoms with Gasteiger partial charge in [-0.15, -0.1) is 0 Å². The van der Waals surface area contributed by atoms with E-state index in [1.807, 2.05) is 0 Å². The molecule has 0 unspecified atom stereocenters. The minimum absolute atomic E-state index is 0.183. The van der Waals surface area contributed by atoms with E-state index in [-0.39, 0.29) is 23.3 Å². The predicted octanol–water partition coefficient (Wildman–Crippen LogP) is 2.31. The molecule has 0 saturated heterocycles. The standard InChI is InChI=1S/C12H12FN3O2/c1-7-5-8(13)3-4-9(7)18-12-10(17-2)11(14)15-6-16-12/h3-6H,1-2H3,(H2,14,15,16). The number of aromatic nitrogens is 2. The number of nitrogen functional groups attached to an aromatic ring is 1. The molecule has 0 radical (unpaired) electrons. The molecule has 0 bridgehead atoms. The van der Waals surface area contributed by atoms with Gasteiger partial charge in [0.05, 0.1) is 7.11 Å². The van der Waals surface area contributed by atoms with Crippen LogP contribution >= 0.6 is 0 Å². The molecule has 0 atom stereocenters. The van der Waals surface area contributed by atoms with Gasteiger partial charge in [-0.25, -0.2) is 9.37 Å². The quantitative estimate of drug-likeness (QED) is 0.903. The van der Waals surface area contributed by atoms with Crippen molar-refractivity contribution in [2.24, 2.45) is 0 Å². The molecule has 2 rings (SSSR count). The van der Waals surface area contributed by atoms with Crippen molar-refractivity contribution in [1.82, 2.24) is 9.97 Å². The maximum Gasteiger partial charge on any atom is 0.268 e. The van der Waals surface area contributed by atoms with Gasteiger partial charge in [0.1, 0.15) is 17.9 Å². The van der Waals surface area contributed by atoms with E-state index in [0.717, 1.165) is 0 Å². The molecule has 6 heteroatoms. The molecule has 5 nitrogen and oxygen atoms in total. The van der Waals surface area contributed by atoms with E-state index in [9.17, 15) is 4.39 Å². The molecular weight excluding hydrogens is 237 g/mol. The lowest BCUT2D eigenvalue weighted by Crippen LogP contribution is -2.00. The first kappa shape index (κ1) is 12.1. The van der Waals surface area contributed by atoms with Gasteiger partial charge in [-0.3, -0.25) is 0 Å². The highest BCUT2D eigenvalue weighted by Gasteiger charge is 2.13. The molecule has 1 aromatic heterocycles. The minimum Gasteiger partial charge on any atom is -0.489 e. The molecule has 0 saturated carbocycles. The van der Waals surface area contributed by atoms with Gasteiger partial charge >= 0.3 is 0 Å². The largest absolute Gasteiger partial charge is 0.489 e. The Morgan fingerprint density at radius 3 is 2.72 bits per heavy atom. The fourth-order valence-corrected chi connectivity index (χ4v) is 1.47. The minimum atomic E-state index is -0.325. The fraction of sp³-hybridized carbons (Fsp3) is 0.167. The summed E-state index contributed by atoms with van der Waals surface area (Å²) in [4.78, 5) is 7.73. The molecule has 2 aromatic rings. The van der Waals surface area contributed by atoms with Crippen LogP contribution in [-0.2, 0) is 0 Å². The highest BCUT2D eigenvalue weighted by molar-refractivity contribution is 5.52. The van der Waals surface area contributed by atoms with Crippen LogP contribution in [-0.4, -0.2) is 17.1 Å². The van der Waals surface area contributed by atoms with Crippen LogP contribution in [0.5, 0.6) is 17.4 Å². The first-order valence-corrected chi connectivity index (χ1v) is 5.20. The number of nitrogens with zero attached hydrogens (tertiary/aromatic N) is 2. The molecule has 2 N–H and O–H groups in total. The van der Waals surface area contributed by atoms with Crippen LogP contribution in [0.2, 0.25) is 0 Å². The Bertz CT molecular complexity index is 575. The van der Waals surface area contributed by atoms with Gasteiger partial charge in [0.2, 0.25) is 5.75 Å². The molecule has 0 aliphatic heterocycles. The Labute approximate surface area is 103 Å². The van der Waals surface area contributed by atoms with Gasteiger partial charge in [0.15, 0.2) is 5.82 Å². The van der Waals surface area contributed by atoms with E-state index in [4.69, 9.17) is 15.2 Å². The number of ether oxygens (including phenoxy) is 2. The van der Waals surface area contributed by atoms with Crippen molar-refractivity contribution < 1.29 is 13.9 Å². The molecule has 0 amide bonds. The van der Waals surface area contributed by atoms with Gasteiger partial charge in [-0.1, -0.05) is 0 Å². The SMILES string of the molecule is COc1c(N)ncnc1Oc1ccc(F)cc1C. The van der Waals surface area contributed by atoms with E-state index in [0.29, 0.717) is 11.3 Å². The highest BCUT2D eigenvalue weighted by atomic mass is 19.1. The van der Waals surface area contributed by atoms with Gasteiger partial charge in [-0.05, 0) is 30.7 Å². The van der Waals surface area contributed by atoms with Crippen molar-refractivity contribution in [3.63, 3.8) is 0 Å². The Morgan fingerprint density at radius 2 is 2.06 bits per heavy atom. The number of hydrogen-bond donors (Lipinski definition) is 1. The second kappa shape index (κ2) is 4.87. The van der Waals surface area contributed by atoms with E-state index in [1.54, 1.807) is 6.92 Å². The number of anilines is 1. The number of rotatable bonds is 3. The topological polar surface area (TPSA) is 70.3 Å². The first-order valence-electron chi connectivity index (χ1n) is 5.20. The average molecular weight is 249 g/mol. The lowest BCUT2D eigenvalue weighted by molar-refractivity contribution is 0.368. The Kier molecular flexibility index (Phi) is 3.27. The summed E-state index contributed by atoms with van der Waals surface area (Å²) in [5.74, 6) is 0.782. The van der Waals surface area contributed by atoms with Crippen LogP contribution in [0.15, 0.2) is 24.5 Å². The Hall–Kier alpha value is -2.37. The van der Waals surface area contributed by atoms with E-state index in [2.05, 4.69) is 9.97 Å². The lowest BCUT2D eigenvalue weighted by atomic mass is 10.2. The van der Waals surface area contributed by atoms with Gasteiger partial charge in [0, 0.05) is 0 Å². The Balaban J connectivity index is 2.37. The van der Waals surface area contributed by atoms with Crippen LogP contribution in [0, 0.1) is 12.7 Å². The van der Waals surface area contributed by atoms with Gasteiger partial charge in [0.25, 0.3) is 5.88 Å². The van der Waals surface area contributed by atoms with Crippen molar-refractivity contribution in [1.29, 1.82) is 0 Å². The highest BCUT2D eigenvalue weighted by Crippen LogP contribution is 2.33. The van der Waals surface area contributed by atoms with Gasteiger partial charge < -0.3 is 15.2 Å². The predicted molar refractivity (Wildman–Crippen MR) is 64.2 cm³/mol. The average Bonchev–Trinajstić information content (AvgIpc) is 2.33. The summed E-state index contributed by atoms with van der Waals surface area (Å²) in [5.41, 5.74) is 6.28. The van der Waals surface area contributed by atoms with Crippen molar-refractivity contribution in [3.8, 4) is 17.4 Å². The van der Waals surface area contributed by atoms with Crippen LogP contribution in [0.4, 0.5) is 10.2 Å². The molecule has 1 aromatic carbocycles. The second-order valence-electron chi connectivity index (χ2n) is 3.61. The summed E-state index contributed by atoms with van der Waals surface area (Å²) in [6, 6.07) is 4.19. The van der Waals surface area contributed by atoms with Crippen molar-refractivity contribution >= 4 is 5.82 Å². The summed E-state index contributed by atoms with van der Waals surface area (Å²) < 4.78 is 23.6. The van der Waals surface area contributed by atoms with Crippen LogP contribution < -0.4 is 15.2 Å². The summed E-state index contributed by atoms with van der Waals surface area (Å²) in [6.45, 7) is 1.73. The second-order valence-corrected chi connectivity index (χ2v) is 3.61. The molecule has 0 spiro atoms. The summed E-state index contributed by atoms with van der Waals surface area (Å²) in [6.07, 6.45) is 1.27. The van der Waals surface area contributed by atoms with Crippen molar-refractivity contribution in [2.75, 3.05) is 12.8 Å². The fourth-order valence-electron chi connectivity index (χ4n) is 1.47. The maximum absolute atomic E-state index is 13.0. The molecule has 94 valence electrons. The smallest absolute Gasteiger partial charge is 0.268 e. The van der Waals surface area contributed by atoms with Crippen LogP contribution in [0.3, 0.4) is 0 Å². The zero-order valence-corrected chi connectivity index (χ0v) is 9.98. The number of nitrogens with two attached hydrogens (primary N) is 1. The number of hydrogen-bond acceptors (Lipinski definition) is 5. The first-order chi connectivity index (χ1) is 8.61. The number of halogens is 1. The zero-order valence-electron chi connectivity index (χ0n) is 9.98. The zero-order chi connectivity index (χ0) is 13.1. The van der Waals surface area contributed by atoms with Crippen molar-refractivity contribution in [2.45, 2.75) is 6.92 Å². The summed E-state index contributed by atoms with van der Waals surface area (Å²) in [5, 5.41) is 0.